The van der Waals surface area contributed by atoms with Crippen molar-refractivity contribution < 1.29 is 13.6 Å². The van der Waals surface area contributed by atoms with Crippen LogP contribution in [0.1, 0.15) is 24.0 Å². The predicted molar refractivity (Wildman–Crippen MR) is 91.7 cm³/mol. The number of rotatable bonds is 5. The molecule has 2 aromatic rings. The number of benzene rings is 2. The summed E-state index contributed by atoms with van der Waals surface area (Å²) in [5.74, 6) is -1.28. The van der Waals surface area contributed by atoms with E-state index in [-0.39, 0.29) is 37.3 Å². The highest BCUT2D eigenvalue weighted by molar-refractivity contribution is 5.85. The Balaban J connectivity index is 0.00000208. The Kier molecular flexibility index (Phi) is 5.78. The number of halogens is 3. The number of carbonyl (C=O) groups excluding carboxylic acids is 1. The van der Waals surface area contributed by atoms with Crippen molar-refractivity contribution in [1.29, 1.82) is 0 Å². The predicted octanol–water partition coefficient (Wildman–Crippen LogP) is 3.70. The third kappa shape index (κ3) is 4.45. The van der Waals surface area contributed by atoms with Gasteiger partial charge in [-0.05, 0) is 36.6 Å². The molecule has 2 N–H and O–H groups in total. The Hall–Kier alpha value is -2.14. The fraction of sp³-hybridized carbons (Fsp3) is 0.278. The molecule has 6 heteroatoms. The van der Waals surface area contributed by atoms with Crippen LogP contribution in [0.4, 0.5) is 14.5 Å². The van der Waals surface area contributed by atoms with Crippen LogP contribution in [0.3, 0.4) is 0 Å². The number of carbonyl (C=O) groups is 1. The number of anilines is 1. The molecular formula is C18H19ClF2N2O. The molecular weight excluding hydrogens is 334 g/mol. The van der Waals surface area contributed by atoms with Gasteiger partial charge in [-0.15, -0.1) is 12.4 Å². The quantitative estimate of drug-likeness (QED) is 0.834. The zero-order chi connectivity index (χ0) is 16.4. The molecule has 0 aliphatic heterocycles. The largest absolute Gasteiger partial charge is 0.399 e. The van der Waals surface area contributed by atoms with Crippen LogP contribution in [0.5, 0.6) is 0 Å². The van der Waals surface area contributed by atoms with Gasteiger partial charge < -0.3 is 10.6 Å². The molecule has 0 unspecified atom stereocenters. The molecule has 0 saturated heterocycles. The van der Waals surface area contributed by atoms with Crippen LogP contribution in [0.2, 0.25) is 0 Å². The van der Waals surface area contributed by atoms with E-state index in [0.29, 0.717) is 11.3 Å². The second kappa shape index (κ2) is 7.62. The molecule has 24 heavy (non-hydrogen) atoms. The Labute approximate surface area is 145 Å². The third-order valence-corrected chi connectivity index (χ3v) is 4.00. The van der Waals surface area contributed by atoms with Crippen LogP contribution < -0.4 is 5.73 Å². The first-order valence-electron chi connectivity index (χ1n) is 7.61. The van der Waals surface area contributed by atoms with Gasteiger partial charge in [0.1, 0.15) is 11.6 Å². The van der Waals surface area contributed by atoms with Gasteiger partial charge in [-0.25, -0.2) is 8.78 Å². The zero-order valence-corrected chi connectivity index (χ0v) is 13.9. The van der Waals surface area contributed by atoms with Gasteiger partial charge in [-0.2, -0.15) is 0 Å². The maximum Gasteiger partial charge on any atom is 0.227 e. The molecule has 1 fully saturated rings. The van der Waals surface area contributed by atoms with Gasteiger partial charge in [0, 0.05) is 29.9 Å². The van der Waals surface area contributed by atoms with Crippen LogP contribution in [-0.4, -0.2) is 16.8 Å². The monoisotopic (exact) mass is 352 g/mol. The van der Waals surface area contributed by atoms with Crippen LogP contribution in [0, 0.1) is 11.6 Å². The average Bonchev–Trinajstić information content (AvgIpc) is 3.33. The van der Waals surface area contributed by atoms with Crippen molar-refractivity contribution in [3.05, 3.63) is 65.2 Å². The molecule has 0 radical (unpaired) electrons. The average molecular weight is 353 g/mol. The van der Waals surface area contributed by atoms with E-state index in [4.69, 9.17) is 5.73 Å². The van der Waals surface area contributed by atoms with E-state index in [9.17, 15) is 13.6 Å². The summed E-state index contributed by atoms with van der Waals surface area (Å²) in [4.78, 5) is 14.2. The van der Waals surface area contributed by atoms with Gasteiger partial charge in [-0.1, -0.05) is 18.2 Å². The van der Waals surface area contributed by atoms with E-state index in [1.807, 2.05) is 12.1 Å². The van der Waals surface area contributed by atoms with Gasteiger partial charge in [0.25, 0.3) is 0 Å². The molecule has 128 valence electrons. The summed E-state index contributed by atoms with van der Waals surface area (Å²) in [7, 11) is 0. The van der Waals surface area contributed by atoms with Gasteiger partial charge in [0.2, 0.25) is 5.91 Å². The molecule has 3 rings (SSSR count). The molecule has 2 aromatic carbocycles. The summed E-state index contributed by atoms with van der Waals surface area (Å²) in [6, 6.07) is 10.8. The number of hydrogen-bond acceptors (Lipinski definition) is 2. The summed E-state index contributed by atoms with van der Waals surface area (Å²) < 4.78 is 26.8. The second-order valence-electron chi connectivity index (χ2n) is 5.91. The number of nitrogens with zero attached hydrogens (tertiary/aromatic N) is 1. The topological polar surface area (TPSA) is 46.3 Å². The van der Waals surface area contributed by atoms with Crippen molar-refractivity contribution in [1.82, 2.24) is 4.90 Å². The second-order valence-corrected chi connectivity index (χ2v) is 5.91. The highest BCUT2D eigenvalue weighted by atomic mass is 35.5. The maximum absolute atomic E-state index is 13.8. The molecule has 0 aromatic heterocycles. The van der Waals surface area contributed by atoms with Crippen molar-refractivity contribution in [2.45, 2.75) is 31.8 Å². The van der Waals surface area contributed by atoms with Crippen molar-refractivity contribution in [2.24, 2.45) is 0 Å². The smallest absolute Gasteiger partial charge is 0.227 e. The normalized spacial score (nSPS) is 13.2. The third-order valence-electron chi connectivity index (χ3n) is 4.00. The molecule has 3 nitrogen and oxygen atoms in total. The van der Waals surface area contributed by atoms with Crippen LogP contribution >= 0.6 is 12.4 Å². The lowest BCUT2D eigenvalue weighted by molar-refractivity contribution is -0.131. The van der Waals surface area contributed by atoms with Gasteiger partial charge >= 0.3 is 0 Å². The van der Waals surface area contributed by atoms with Crippen LogP contribution in [-0.2, 0) is 17.8 Å². The van der Waals surface area contributed by atoms with E-state index in [0.717, 1.165) is 24.5 Å². The minimum Gasteiger partial charge on any atom is -0.399 e. The Morgan fingerprint density at radius 3 is 2.38 bits per heavy atom. The standard InChI is InChI=1S/C18H18F2N2O.ClH/c19-14-4-3-13(17(20)10-14)11-22(16-7-8-16)18(23)9-12-1-5-15(21)6-2-12;/h1-6,10,16H,7-9,11,21H2;1H. The molecule has 1 aliphatic carbocycles. The molecule has 0 heterocycles. The summed E-state index contributed by atoms with van der Waals surface area (Å²) in [5.41, 5.74) is 7.49. The fourth-order valence-electron chi connectivity index (χ4n) is 2.55. The van der Waals surface area contributed by atoms with E-state index in [2.05, 4.69) is 0 Å². The first-order valence-corrected chi connectivity index (χ1v) is 7.61. The van der Waals surface area contributed by atoms with Gasteiger partial charge in [0.15, 0.2) is 0 Å². The van der Waals surface area contributed by atoms with Gasteiger partial charge in [0.05, 0.1) is 6.42 Å². The lowest BCUT2D eigenvalue weighted by Crippen LogP contribution is -2.34. The van der Waals surface area contributed by atoms with Crippen molar-refractivity contribution in [2.75, 3.05) is 5.73 Å². The van der Waals surface area contributed by atoms with Crippen molar-refractivity contribution >= 4 is 24.0 Å². The van der Waals surface area contributed by atoms with Gasteiger partial charge in [-0.3, -0.25) is 4.79 Å². The van der Waals surface area contributed by atoms with Crippen LogP contribution in [0.15, 0.2) is 42.5 Å². The Morgan fingerprint density at radius 1 is 1.12 bits per heavy atom. The fourth-order valence-corrected chi connectivity index (χ4v) is 2.55. The van der Waals surface area contributed by atoms with E-state index >= 15 is 0 Å². The molecule has 1 aliphatic rings. The highest BCUT2D eigenvalue weighted by Gasteiger charge is 2.32. The van der Waals surface area contributed by atoms with E-state index < -0.39 is 11.6 Å². The Bertz CT molecular complexity index is 717. The van der Waals surface area contributed by atoms with E-state index in [1.165, 1.54) is 12.1 Å². The summed E-state index contributed by atoms with van der Waals surface area (Å²) in [6.45, 7) is 0.171. The maximum atomic E-state index is 13.8. The summed E-state index contributed by atoms with van der Waals surface area (Å²) >= 11 is 0. The van der Waals surface area contributed by atoms with Crippen molar-refractivity contribution in [3.8, 4) is 0 Å². The SMILES string of the molecule is Cl.Nc1ccc(CC(=O)N(Cc2ccc(F)cc2F)C2CC2)cc1. The molecule has 0 atom stereocenters. The minimum absolute atomic E-state index is 0. The lowest BCUT2D eigenvalue weighted by Gasteiger charge is -2.23. The molecule has 1 saturated carbocycles. The molecule has 1 amide bonds. The molecule has 0 bridgehead atoms. The lowest BCUT2D eigenvalue weighted by atomic mass is 10.1. The summed E-state index contributed by atoms with van der Waals surface area (Å²) in [5, 5.41) is 0. The van der Waals surface area contributed by atoms with Crippen LogP contribution in [0.25, 0.3) is 0 Å². The van der Waals surface area contributed by atoms with E-state index in [1.54, 1.807) is 17.0 Å². The number of hydrogen-bond donors (Lipinski definition) is 1. The number of nitrogens with two attached hydrogens (primary N) is 1. The highest BCUT2D eigenvalue weighted by Crippen LogP contribution is 2.29. The first kappa shape index (κ1) is 18.2. The minimum atomic E-state index is -0.615. The summed E-state index contributed by atoms with van der Waals surface area (Å²) in [6.07, 6.45) is 2.10. The van der Waals surface area contributed by atoms with Crippen molar-refractivity contribution in [3.63, 3.8) is 0 Å². The number of amides is 1. The number of nitrogen functional groups attached to an aromatic ring is 1. The first-order chi connectivity index (χ1) is 11.0. The zero-order valence-electron chi connectivity index (χ0n) is 13.0. The Morgan fingerprint density at radius 2 is 1.79 bits per heavy atom. The molecule has 0 spiro atoms.